The number of halogens is 1. The summed E-state index contributed by atoms with van der Waals surface area (Å²) in [6, 6.07) is 8.06. The molecule has 27 heavy (non-hydrogen) atoms. The van der Waals surface area contributed by atoms with Gasteiger partial charge in [-0.3, -0.25) is 4.79 Å². The summed E-state index contributed by atoms with van der Waals surface area (Å²) < 4.78 is 29.3. The first kappa shape index (κ1) is 18.8. The number of benzene rings is 2. The van der Waals surface area contributed by atoms with Crippen molar-refractivity contribution in [3.05, 3.63) is 41.7 Å². The Kier molecular flexibility index (Phi) is 5.69. The van der Waals surface area contributed by atoms with Gasteiger partial charge in [-0.1, -0.05) is 0 Å². The first-order chi connectivity index (χ1) is 13.0. The molecule has 0 aliphatic carbocycles. The van der Waals surface area contributed by atoms with Crippen LogP contribution in [0.1, 0.15) is 12.0 Å². The smallest absolute Gasteiger partial charge is 0.243 e. The molecule has 3 rings (SSSR count). The van der Waals surface area contributed by atoms with Gasteiger partial charge in [0, 0.05) is 30.1 Å². The maximum Gasteiger partial charge on any atom is 0.243 e. The quantitative estimate of drug-likeness (QED) is 0.841. The Morgan fingerprint density at radius 2 is 1.81 bits per heavy atom. The lowest BCUT2D eigenvalue weighted by Gasteiger charge is -2.30. The Bertz CT molecular complexity index is 816. The van der Waals surface area contributed by atoms with Gasteiger partial charge in [0.25, 0.3) is 0 Å². The number of aryl methyl sites for hydroxylation is 1. The summed E-state index contributed by atoms with van der Waals surface area (Å²) in [7, 11) is 4.56. The van der Waals surface area contributed by atoms with E-state index < -0.39 is 0 Å². The Labute approximate surface area is 157 Å². The molecule has 6 nitrogen and oxygen atoms in total. The number of hydrogen-bond donors (Lipinski definition) is 1. The second-order valence-corrected chi connectivity index (χ2v) is 6.26. The molecule has 0 saturated carbocycles. The first-order valence-corrected chi connectivity index (χ1v) is 8.69. The summed E-state index contributed by atoms with van der Waals surface area (Å²) >= 11 is 0. The minimum absolute atomic E-state index is 0.176. The van der Waals surface area contributed by atoms with E-state index in [1.54, 1.807) is 24.3 Å². The third-order valence-corrected chi connectivity index (χ3v) is 4.54. The van der Waals surface area contributed by atoms with Crippen molar-refractivity contribution in [1.29, 1.82) is 0 Å². The molecule has 0 aromatic heterocycles. The summed E-state index contributed by atoms with van der Waals surface area (Å²) in [5, 5.41) is 2.86. The number of nitrogens with zero attached hydrogens (tertiary/aromatic N) is 1. The number of nitrogens with one attached hydrogen (secondary N) is 1. The Morgan fingerprint density at radius 1 is 1.11 bits per heavy atom. The van der Waals surface area contributed by atoms with Gasteiger partial charge in [0.05, 0.1) is 27.9 Å². The van der Waals surface area contributed by atoms with Crippen LogP contribution in [-0.4, -0.2) is 40.3 Å². The highest BCUT2D eigenvalue weighted by atomic mass is 19.1. The van der Waals surface area contributed by atoms with Crippen molar-refractivity contribution in [3.8, 4) is 17.2 Å². The fraction of sp³-hybridized carbons (Fsp3) is 0.350. The molecule has 2 aromatic carbocycles. The number of ether oxygens (including phenoxy) is 3. The van der Waals surface area contributed by atoms with Crippen LogP contribution in [0.2, 0.25) is 0 Å². The van der Waals surface area contributed by atoms with Crippen LogP contribution in [0.25, 0.3) is 0 Å². The average Bonchev–Trinajstić information content (AvgIpc) is 2.66. The fourth-order valence-corrected chi connectivity index (χ4v) is 3.33. The molecular weight excluding hydrogens is 351 g/mol. The van der Waals surface area contributed by atoms with Crippen molar-refractivity contribution < 1.29 is 23.4 Å². The maximum atomic E-state index is 13.4. The molecule has 0 radical (unpaired) electrons. The van der Waals surface area contributed by atoms with Gasteiger partial charge in [-0.2, -0.15) is 0 Å². The van der Waals surface area contributed by atoms with Crippen molar-refractivity contribution in [3.63, 3.8) is 0 Å². The molecule has 1 aliphatic heterocycles. The van der Waals surface area contributed by atoms with Gasteiger partial charge in [0.1, 0.15) is 5.82 Å². The zero-order valence-electron chi connectivity index (χ0n) is 15.7. The Hall–Kier alpha value is -2.96. The second kappa shape index (κ2) is 8.16. The van der Waals surface area contributed by atoms with Gasteiger partial charge in [-0.05, 0) is 36.6 Å². The van der Waals surface area contributed by atoms with Crippen LogP contribution in [0.3, 0.4) is 0 Å². The standard InChI is InChI=1S/C20H23FN2O4/c1-25-17-10-15(11-18(26-2)20(17)27-3)22-19(24)12-23-8-4-5-13-9-14(21)6-7-16(13)23/h6-7,9-11H,4-5,8,12H2,1-3H3,(H,22,24). The third-order valence-electron chi connectivity index (χ3n) is 4.54. The third kappa shape index (κ3) is 4.07. The van der Waals surface area contributed by atoms with Crippen molar-refractivity contribution in [2.24, 2.45) is 0 Å². The monoisotopic (exact) mass is 374 g/mol. The highest BCUT2D eigenvalue weighted by molar-refractivity contribution is 5.95. The molecular formula is C20H23FN2O4. The van der Waals surface area contributed by atoms with Gasteiger partial charge in [-0.15, -0.1) is 0 Å². The van der Waals surface area contributed by atoms with Gasteiger partial charge in [0.2, 0.25) is 11.7 Å². The molecule has 7 heteroatoms. The lowest BCUT2D eigenvalue weighted by Crippen LogP contribution is -2.36. The van der Waals surface area contributed by atoms with Crippen molar-refractivity contribution in [1.82, 2.24) is 0 Å². The SMILES string of the molecule is COc1cc(NC(=O)CN2CCCc3cc(F)ccc32)cc(OC)c1OC. The van der Waals surface area contributed by atoms with Gasteiger partial charge in [0.15, 0.2) is 11.5 Å². The van der Waals surface area contributed by atoms with Crippen molar-refractivity contribution >= 4 is 17.3 Å². The number of rotatable bonds is 6. The van der Waals surface area contributed by atoms with Crippen LogP contribution in [0.5, 0.6) is 17.2 Å². The molecule has 1 N–H and O–H groups in total. The molecule has 0 spiro atoms. The minimum Gasteiger partial charge on any atom is -0.493 e. The fourth-order valence-electron chi connectivity index (χ4n) is 3.33. The minimum atomic E-state index is -0.252. The van der Waals surface area contributed by atoms with Crippen LogP contribution in [0.15, 0.2) is 30.3 Å². The van der Waals surface area contributed by atoms with Crippen LogP contribution in [0, 0.1) is 5.82 Å². The van der Waals surface area contributed by atoms with Gasteiger partial charge in [-0.25, -0.2) is 4.39 Å². The molecule has 0 atom stereocenters. The lowest BCUT2D eigenvalue weighted by atomic mass is 10.0. The van der Waals surface area contributed by atoms with E-state index in [-0.39, 0.29) is 18.3 Å². The molecule has 2 aromatic rings. The zero-order chi connectivity index (χ0) is 19.4. The number of methoxy groups -OCH3 is 3. The maximum absolute atomic E-state index is 13.4. The number of amides is 1. The molecule has 0 saturated heterocycles. The van der Waals surface area contributed by atoms with Gasteiger partial charge < -0.3 is 24.4 Å². The van der Waals surface area contributed by atoms with E-state index in [0.29, 0.717) is 22.9 Å². The highest BCUT2D eigenvalue weighted by Crippen LogP contribution is 2.40. The predicted molar refractivity (Wildman–Crippen MR) is 102 cm³/mol. The molecule has 0 unspecified atom stereocenters. The normalized spacial score (nSPS) is 13.0. The number of carbonyl (C=O) groups is 1. The largest absolute Gasteiger partial charge is 0.493 e. The first-order valence-electron chi connectivity index (χ1n) is 8.69. The number of anilines is 2. The number of hydrogen-bond acceptors (Lipinski definition) is 5. The van der Waals surface area contributed by atoms with Crippen LogP contribution >= 0.6 is 0 Å². The van der Waals surface area contributed by atoms with Crippen molar-refractivity contribution in [2.75, 3.05) is 44.6 Å². The van der Waals surface area contributed by atoms with Crippen LogP contribution in [-0.2, 0) is 11.2 Å². The van der Waals surface area contributed by atoms with E-state index in [9.17, 15) is 9.18 Å². The average molecular weight is 374 g/mol. The summed E-state index contributed by atoms with van der Waals surface area (Å²) in [5.41, 5.74) is 2.38. The van der Waals surface area contributed by atoms with Gasteiger partial charge >= 0.3 is 0 Å². The number of carbonyl (C=O) groups excluding carboxylic acids is 1. The molecule has 1 heterocycles. The second-order valence-electron chi connectivity index (χ2n) is 6.26. The topological polar surface area (TPSA) is 60.0 Å². The summed E-state index contributed by atoms with van der Waals surface area (Å²) in [5.74, 6) is 0.959. The summed E-state index contributed by atoms with van der Waals surface area (Å²) in [4.78, 5) is 14.5. The molecule has 0 bridgehead atoms. The molecule has 1 aliphatic rings. The van der Waals surface area contributed by atoms with E-state index >= 15 is 0 Å². The van der Waals surface area contributed by atoms with E-state index in [1.165, 1.54) is 27.4 Å². The molecule has 0 fully saturated rings. The van der Waals surface area contributed by atoms with E-state index in [1.807, 2.05) is 4.90 Å². The zero-order valence-corrected chi connectivity index (χ0v) is 15.7. The van der Waals surface area contributed by atoms with Crippen LogP contribution < -0.4 is 24.4 Å². The Morgan fingerprint density at radius 3 is 2.44 bits per heavy atom. The predicted octanol–water partition coefficient (Wildman–Crippen LogP) is 3.24. The number of fused-ring (bicyclic) bond motifs is 1. The van der Waals surface area contributed by atoms with E-state index in [0.717, 1.165) is 30.6 Å². The van der Waals surface area contributed by atoms with Crippen molar-refractivity contribution in [2.45, 2.75) is 12.8 Å². The summed E-state index contributed by atoms with van der Waals surface area (Å²) in [6.45, 7) is 0.927. The van der Waals surface area contributed by atoms with E-state index in [4.69, 9.17) is 14.2 Å². The van der Waals surface area contributed by atoms with Crippen LogP contribution in [0.4, 0.5) is 15.8 Å². The highest BCUT2D eigenvalue weighted by Gasteiger charge is 2.20. The lowest BCUT2D eigenvalue weighted by molar-refractivity contribution is -0.115. The Balaban J connectivity index is 1.76. The van der Waals surface area contributed by atoms with E-state index in [2.05, 4.69) is 5.32 Å². The molecule has 1 amide bonds. The molecule has 144 valence electrons. The summed E-state index contributed by atoms with van der Waals surface area (Å²) in [6.07, 6.45) is 1.70.